The summed E-state index contributed by atoms with van der Waals surface area (Å²) in [6, 6.07) is 0. The fraction of sp³-hybridized carbons (Fsp3) is 0.778. The van der Waals surface area contributed by atoms with E-state index in [-0.39, 0.29) is 6.61 Å². The highest BCUT2D eigenvalue weighted by atomic mass is 32.2. The van der Waals surface area contributed by atoms with Gasteiger partial charge in [-0.25, -0.2) is 0 Å². The summed E-state index contributed by atoms with van der Waals surface area (Å²) in [5.74, 6) is 1.00. The molecule has 2 N–H and O–H groups in total. The first-order valence-electron chi connectivity index (χ1n) is 5.18. The predicted molar refractivity (Wildman–Crippen MR) is 65.7 cm³/mol. The molecule has 1 aromatic rings. The summed E-state index contributed by atoms with van der Waals surface area (Å²) < 4.78 is 1.01. The molecular weight excluding hydrogens is 230 g/mol. The molecule has 86 valence electrons. The van der Waals surface area contributed by atoms with E-state index in [0.717, 1.165) is 41.0 Å². The summed E-state index contributed by atoms with van der Waals surface area (Å²) in [4.78, 5) is 0. The van der Waals surface area contributed by atoms with Gasteiger partial charge in [-0.05, 0) is 19.3 Å². The first-order chi connectivity index (χ1) is 7.36. The Hall–Kier alpha value is -0.330. The number of aliphatic hydroxyl groups is 1. The number of nitrogens with zero attached hydrogens (tertiary/aromatic N) is 2. The van der Waals surface area contributed by atoms with Gasteiger partial charge in [-0.3, -0.25) is 0 Å². The second-order valence-corrected chi connectivity index (χ2v) is 5.40. The minimum absolute atomic E-state index is 0.278. The van der Waals surface area contributed by atoms with Gasteiger partial charge >= 0.3 is 0 Å². The zero-order valence-corrected chi connectivity index (χ0v) is 10.5. The summed E-state index contributed by atoms with van der Waals surface area (Å²) in [5.41, 5.74) is 0. The van der Waals surface area contributed by atoms with Crippen LogP contribution in [0.15, 0.2) is 4.34 Å². The van der Waals surface area contributed by atoms with Crippen LogP contribution < -0.4 is 5.32 Å². The predicted octanol–water partition coefficient (Wildman–Crippen LogP) is 2.22. The average molecular weight is 247 g/mol. The van der Waals surface area contributed by atoms with Gasteiger partial charge in [0, 0.05) is 18.9 Å². The number of unbranched alkanes of at least 4 members (excludes halogenated alkanes) is 1. The Bertz CT molecular complexity index is 268. The fourth-order valence-electron chi connectivity index (χ4n) is 0.945. The van der Waals surface area contributed by atoms with Crippen LogP contribution in [0.25, 0.3) is 0 Å². The van der Waals surface area contributed by atoms with Crippen LogP contribution in [0.2, 0.25) is 0 Å². The first-order valence-corrected chi connectivity index (χ1v) is 6.98. The lowest BCUT2D eigenvalue weighted by Gasteiger charge is -1.96. The van der Waals surface area contributed by atoms with Crippen molar-refractivity contribution in [1.29, 1.82) is 0 Å². The Morgan fingerprint density at radius 2 is 2.27 bits per heavy atom. The Morgan fingerprint density at radius 3 is 3.00 bits per heavy atom. The Labute approximate surface area is 98.5 Å². The van der Waals surface area contributed by atoms with E-state index in [4.69, 9.17) is 5.11 Å². The van der Waals surface area contributed by atoms with E-state index in [0.29, 0.717) is 0 Å². The summed E-state index contributed by atoms with van der Waals surface area (Å²) in [6.07, 6.45) is 2.99. The van der Waals surface area contributed by atoms with Crippen molar-refractivity contribution in [2.75, 3.05) is 24.2 Å². The lowest BCUT2D eigenvalue weighted by molar-refractivity contribution is 0.287. The van der Waals surface area contributed by atoms with Gasteiger partial charge < -0.3 is 10.4 Å². The third-order valence-electron chi connectivity index (χ3n) is 1.71. The zero-order chi connectivity index (χ0) is 10.9. The number of anilines is 1. The number of thioether (sulfide) groups is 1. The lowest BCUT2D eigenvalue weighted by Crippen LogP contribution is -1.98. The molecule has 0 unspecified atom stereocenters. The van der Waals surface area contributed by atoms with E-state index in [1.54, 1.807) is 23.1 Å². The minimum Gasteiger partial charge on any atom is -0.396 e. The summed E-state index contributed by atoms with van der Waals surface area (Å²) in [5, 5.41) is 20.8. The van der Waals surface area contributed by atoms with Gasteiger partial charge in [-0.2, -0.15) is 0 Å². The molecule has 1 heterocycles. The summed E-state index contributed by atoms with van der Waals surface area (Å²) >= 11 is 3.31. The normalized spacial score (nSPS) is 10.5. The maximum atomic E-state index is 8.62. The van der Waals surface area contributed by atoms with E-state index in [2.05, 4.69) is 22.4 Å². The van der Waals surface area contributed by atoms with Crippen LogP contribution in [-0.2, 0) is 0 Å². The molecule has 4 nitrogen and oxygen atoms in total. The van der Waals surface area contributed by atoms with Crippen LogP contribution in [0.1, 0.15) is 26.2 Å². The highest BCUT2D eigenvalue weighted by molar-refractivity contribution is 8.01. The van der Waals surface area contributed by atoms with Gasteiger partial charge in [-0.1, -0.05) is 30.0 Å². The van der Waals surface area contributed by atoms with Crippen LogP contribution >= 0.6 is 23.1 Å². The molecule has 0 aliphatic rings. The number of hydrogen-bond donors (Lipinski definition) is 2. The van der Waals surface area contributed by atoms with Crippen molar-refractivity contribution in [2.24, 2.45) is 0 Å². The van der Waals surface area contributed by atoms with E-state index < -0.39 is 0 Å². The van der Waals surface area contributed by atoms with Gasteiger partial charge in [0.05, 0.1) is 0 Å². The molecule has 0 amide bonds. The van der Waals surface area contributed by atoms with Crippen LogP contribution in [0.3, 0.4) is 0 Å². The van der Waals surface area contributed by atoms with Crippen molar-refractivity contribution >= 4 is 28.2 Å². The van der Waals surface area contributed by atoms with Gasteiger partial charge in [-0.15, -0.1) is 10.2 Å². The van der Waals surface area contributed by atoms with Crippen molar-refractivity contribution in [1.82, 2.24) is 10.2 Å². The first kappa shape index (κ1) is 12.7. The van der Waals surface area contributed by atoms with Gasteiger partial charge in [0.1, 0.15) is 0 Å². The van der Waals surface area contributed by atoms with Gasteiger partial charge in [0.15, 0.2) is 4.34 Å². The molecule has 1 aromatic heterocycles. The summed E-state index contributed by atoms with van der Waals surface area (Å²) in [6.45, 7) is 3.35. The van der Waals surface area contributed by atoms with Crippen molar-refractivity contribution in [3.05, 3.63) is 0 Å². The van der Waals surface area contributed by atoms with E-state index in [1.807, 2.05) is 0 Å². The molecule has 0 aliphatic heterocycles. The number of aliphatic hydroxyl groups excluding tert-OH is 1. The maximum Gasteiger partial charge on any atom is 0.206 e. The molecule has 0 saturated carbocycles. The fourth-order valence-corrected chi connectivity index (χ4v) is 2.79. The van der Waals surface area contributed by atoms with E-state index in [1.165, 1.54) is 0 Å². The Kier molecular flexibility index (Phi) is 6.71. The molecule has 0 spiro atoms. The molecule has 0 aliphatic carbocycles. The van der Waals surface area contributed by atoms with Gasteiger partial charge in [0.2, 0.25) is 5.13 Å². The van der Waals surface area contributed by atoms with E-state index >= 15 is 0 Å². The highest BCUT2D eigenvalue weighted by Gasteiger charge is 2.03. The largest absolute Gasteiger partial charge is 0.396 e. The molecule has 0 atom stereocenters. The SMILES string of the molecule is CCCNc1nnc(SCCCCO)s1. The smallest absolute Gasteiger partial charge is 0.206 e. The van der Waals surface area contributed by atoms with Crippen LogP contribution in [-0.4, -0.2) is 34.2 Å². The third kappa shape index (κ3) is 5.34. The topological polar surface area (TPSA) is 58.0 Å². The van der Waals surface area contributed by atoms with Crippen molar-refractivity contribution in [3.8, 4) is 0 Å². The second-order valence-electron chi connectivity index (χ2n) is 3.08. The number of rotatable bonds is 8. The van der Waals surface area contributed by atoms with Crippen LogP contribution in [0.5, 0.6) is 0 Å². The van der Waals surface area contributed by atoms with Crippen molar-refractivity contribution in [3.63, 3.8) is 0 Å². The Morgan fingerprint density at radius 1 is 1.40 bits per heavy atom. The number of aromatic nitrogens is 2. The van der Waals surface area contributed by atoms with Crippen LogP contribution in [0, 0.1) is 0 Å². The summed E-state index contributed by atoms with van der Waals surface area (Å²) in [7, 11) is 0. The minimum atomic E-state index is 0.278. The zero-order valence-electron chi connectivity index (χ0n) is 8.90. The molecule has 0 aromatic carbocycles. The van der Waals surface area contributed by atoms with Crippen LogP contribution in [0.4, 0.5) is 5.13 Å². The van der Waals surface area contributed by atoms with Gasteiger partial charge in [0.25, 0.3) is 0 Å². The van der Waals surface area contributed by atoms with Crippen molar-refractivity contribution in [2.45, 2.75) is 30.5 Å². The lowest BCUT2D eigenvalue weighted by atomic mass is 10.4. The average Bonchev–Trinajstić information content (AvgIpc) is 2.69. The molecule has 0 radical (unpaired) electrons. The maximum absolute atomic E-state index is 8.62. The van der Waals surface area contributed by atoms with Crippen molar-refractivity contribution < 1.29 is 5.11 Å². The highest BCUT2D eigenvalue weighted by Crippen LogP contribution is 2.25. The molecule has 1 rings (SSSR count). The molecule has 0 saturated heterocycles. The molecule has 15 heavy (non-hydrogen) atoms. The third-order valence-corrected chi connectivity index (χ3v) is 3.81. The molecule has 0 bridgehead atoms. The molecule has 6 heteroatoms. The number of nitrogens with one attached hydrogen (secondary N) is 1. The second kappa shape index (κ2) is 7.90. The molecular formula is C9H17N3OS2. The standard InChI is InChI=1S/C9H17N3OS2/c1-2-5-10-8-11-12-9(15-8)14-7-4-3-6-13/h13H,2-7H2,1H3,(H,10,11). The number of hydrogen-bond acceptors (Lipinski definition) is 6. The Balaban J connectivity index is 2.20. The van der Waals surface area contributed by atoms with E-state index in [9.17, 15) is 0 Å². The quantitative estimate of drug-likeness (QED) is 0.545. The monoisotopic (exact) mass is 247 g/mol. The molecule has 0 fully saturated rings.